The van der Waals surface area contributed by atoms with Crippen LogP contribution in [-0.4, -0.2) is 28.5 Å². The van der Waals surface area contributed by atoms with E-state index in [1.54, 1.807) is 18.2 Å². The fourth-order valence-corrected chi connectivity index (χ4v) is 3.38. The maximum Gasteiger partial charge on any atom is 0.248 e. The first kappa shape index (κ1) is 22.9. The maximum absolute atomic E-state index is 12.5. The SMILES string of the molecule is CCOc1ccc(OCC)c(NC(=O)C=Cc2ccc(OCc3cn4ccccc4n3)cc2)c1. The third-order valence-corrected chi connectivity index (χ3v) is 4.93. The van der Waals surface area contributed by atoms with Crippen LogP contribution in [0.1, 0.15) is 25.1 Å². The van der Waals surface area contributed by atoms with Crippen LogP contribution in [-0.2, 0) is 11.4 Å². The first-order valence-electron chi connectivity index (χ1n) is 11.2. The number of carbonyl (C=O) groups excluding carboxylic acids is 1. The van der Waals surface area contributed by atoms with E-state index in [1.165, 1.54) is 6.08 Å². The number of rotatable bonds is 10. The molecule has 0 bridgehead atoms. The summed E-state index contributed by atoms with van der Waals surface area (Å²) in [6, 6.07) is 18.8. The number of hydrogen-bond donors (Lipinski definition) is 1. The summed E-state index contributed by atoms with van der Waals surface area (Å²) in [5, 5.41) is 2.86. The average molecular weight is 458 g/mol. The Morgan fingerprint density at radius 3 is 2.53 bits per heavy atom. The van der Waals surface area contributed by atoms with Gasteiger partial charge in [-0.1, -0.05) is 18.2 Å². The zero-order chi connectivity index (χ0) is 23.8. The Kier molecular flexibility index (Phi) is 7.45. The van der Waals surface area contributed by atoms with Gasteiger partial charge in [0.25, 0.3) is 0 Å². The van der Waals surface area contributed by atoms with Crippen molar-refractivity contribution in [3.63, 3.8) is 0 Å². The van der Waals surface area contributed by atoms with Crippen molar-refractivity contribution in [2.24, 2.45) is 0 Å². The Bertz CT molecular complexity index is 1250. The highest BCUT2D eigenvalue weighted by atomic mass is 16.5. The van der Waals surface area contributed by atoms with Gasteiger partial charge in [-0.2, -0.15) is 0 Å². The van der Waals surface area contributed by atoms with E-state index in [9.17, 15) is 4.79 Å². The number of carbonyl (C=O) groups is 1. The quantitative estimate of drug-likeness (QED) is 0.325. The average Bonchev–Trinajstić information content (AvgIpc) is 3.27. The minimum atomic E-state index is -0.262. The van der Waals surface area contributed by atoms with Gasteiger partial charge in [-0.3, -0.25) is 4.79 Å². The summed E-state index contributed by atoms with van der Waals surface area (Å²) in [6.45, 7) is 5.22. The van der Waals surface area contributed by atoms with E-state index in [-0.39, 0.29) is 5.91 Å². The molecule has 0 spiro atoms. The molecule has 0 saturated heterocycles. The molecule has 4 rings (SSSR count). The molecule has 0 aliphatic rings. The number of benzene rings is 2. The molecular formula is C27H27N3O4. The fraction of sp³-hybridized carbons (Fsp3) is 0.185. The molecule has 7 heteroatoms. The lowest BCUT2D eigenvalue weighted by Crippen LogP contribution is -2.10. The normalized spacial score (nSPS) is 11.0. The van der Waals surface area contributed by atoms with Crippen LogP contribution in [0.4, 0.5) is 5.69 Å². The van der Waals surface area contributed by atoms with Gasteiger partial charge >= 0.3 is 0 Å². The molecule has 1 amide bonds. The summed E-state index contributed by atoms with van der Waals surface area (Å²) in [7, 11) is 0. The Morgan fingerprint density at radius 2 is 1.76 bits per heavy atom. The molecule has 34 heavy (non-hydrogen) atoms. The summed E-state index contributed by atoms with van der Waals surface area (Å²) >= 11 is 0. The minimum absolute atomic E-state index is 0.262. The van der Waals surface area contributed by atoms with Crippen molar-refractivity contribution in [2.75, 3.05) is 18.5 Å². The molecular weight excluding hydrogens is 430 g/mol. The predicted molar refractivity (Wildman–Crippen MR) is 132 cm³/mol. The van der Waals surface area contributed by atoms with Gasteiger partial charge in [-0.25, -0.2) is 4.98 Å². The lowest BCUT2D eigenvalue weighted by molar-refractivity contribution is -0.111. The molecule has 0 aliphatic carbocycles. The number of pyridine rings is 1. The molecule has 0 radical (unpaired) electrons. The zero-order valence-corrected chi connectivity index (χ0v) is 19.2. The van der Waals surface area contributed by atoms with Crippen molar-refractivity contribution in [2.45, 2.75) is 20.5 Å². The monoisotopic (exact) mass is 457 g/mol. The molecule has 2 heterocycles. The molecule has 174 valence electrons. The Labute approximate surface area is 198 Å². The largest absolute Gasteiger partial charge is 0.494 e. The molecule has 0 unspecified atom stereocenters. The van der Waals surface area contributed by atoms with Crippen molar-refractivity contribution in [1.82, 2.24) is 9.38 Å². The summed E-state index contributed by atoms with van der Waals surface area (Å²) < 4.78 is 18.9. The number of amides is 1. The maximum atomic E-state index is 12.5. The van der Waals surface area contributed by atoms with Crippen LogP contribution in [0.3, 0.4) is 0 Å². The summed E-state index contributed by atoms with van der Waals surface area (Å²) in [5.74, 6) is 1.74. The molecule has 7 nitrogen and oxygen atoms in total. The van der Waals surface area contributed by atoms with E-state index < -0.39 is 0 Å². The van der Waals surface area contributed by atoms with Gasteiger partial charge in [0, 0.05) is 24.5 Å². The van der Waals surface area contributed by atoms with Gasteiger partial charge in [0.05, 0.1) is 24.6 Å². The fourth-order valence-electron chi connectivity index (χ4n) is 3.38. The first-order chi connectivity index (χ1) is 16.6. The van der Waals surface area contributed by atoms with Crippen LogP contribution in [0.15, 0.2) is 79.1 Å². The third kappa shape index (κ3) is 5.95. The lowest BCUT2D eigenvalue weighted by Gasteiger charge is -2.12. The number of ether oxygens (including phenoxy) is 3. The Balaban J connectivity index is 1.34. The number of anilines is 1. The highest BCUT2D eigenvalue weighted by molar-refractivity contribution is 6.02. The van der Waals surface area contributed by atoms with Gasteiger partial charge in [0.15, 0.2) is 0 Å². The van der Waals surface area contributed by atoms with Crippen molar-refractivity contribution in [3.8, 4) is 17.2 Å². The summed E-state index contributed by atoms with van der Waals surface area (Å²) in [4.78, 5) is 17.0. The molecule has 1 N–H and O–H groups in total. The lowest BCUT2D eigenvalue weighted by atomic mass is 10.2. The first-order valence-corrected chi connectivity index (χ1v) is 11.2. The van der Waals surface area contributed by atoms with Crippen LogP contribution < -0.4 is 19.5 Å². The molecule has 4 aromatic rings. The molecule has 0 atom stereocenters. The van der Waals surface area contributed by atoms with Crippen LogP contribution >= 0.6 is 0 Å². The van der Waals surface area contributed by atoms with Crippen molar-refractivity contribution >= 4 is 23.3 Å². The minimum Gasteiger partial charge on any atom is -0.494 e. The van der Waals surface area contributed by atoms with Gasteiger partial charge < -0.3 is 23.9 Å². The van der Waals surface area contributed by atoms with Gasteiger partial charge in [-0.05, 0) is 61.9 Å². The highest BCUT2D eigenvalue weighted by Gasteiger charge is 2.08. The van der Waals surface area contributed by atoms with E-state index in [2.05, 4.69) is 10.3 Å². The molecule has 2 aromatic carbocycles. The van der Waals surface area contributed by atoms with E-state index in [0.29, 0.717) is 37.0 Å². The number of hydrogen-bond acceptors (Lipinski definition) is 5. The second-order valence-electron chi connectivity index (χ2n) is 7.40. The standard InChI is InChI=1S/C27H27N3O4/c1-3-32-23-13-14-25(33-4-2)24(17-23)29-27(31)15-10-20-8-11-22(12-9-20)34-19-21-18-30-16-6-5-7-26(30)28-21/h5-18H,3-4,19H2,1-2H3,(H,29,31). The van der Waals surface area contributed by atoms with Gasteiger partial charge in [0.2, 0.25) is 5.91 Å². The summed E-state index contributed by atoms with van der Waals surface area (Å²) in [6.07, 6.45) is 7.13. The van der Waals surface area contributed by atoms with E-state index >= 15 is 0 Å². The second kappa shape index (κ2) is 11.0. The van der Waals surface area contributed by atoms with E-state index in [1.807, 2.05) is 79.2 Å². The van der Waals surface area contributed by atoms with Crippen molar-refractivity contribution in [3.05, 3.63) is 90.4 Å². The highest BCUT2D eigenvalue weighted by Crippen LogP contribution is 2.29. The van der Waals surface area contributed by atoms with Crippen LogP contribution in [0.5, 0.6) is 17.2 Å². The number of aromatic nitrogens is 2. The second-order valence-corrected chi connectivity index (χ2v) is 7.40. The smallest absolute Gasteiger partial charge is 0.248 e. The molecule has 0 aliphatic heterocycles. The zero-order valence-electron chi connectivity index (χ0n) is 19.2. The number of nitrogens with zero attached hydrogens (tertiary/aromatic N) is 2. The third-order valence-electron chi connectivity index (χ3n) is 4.93. The van der Waals surface area contributed by atoms with Crippen LogP contribution in [0.25, 0.3) is 11.7 Å². The molecule has 2 aromatic heterocycles. The van der Waals surface area contributed by atoms with E-state index in [4.69, 9.17) is 14.2 Å². The van der Waals surface area contributed by atoms with Crippen LogP contribution in [0.2, 0.25) is 0 Å². The molecule has 0 saturated carbocycles. The Morgan fingerprint density at radius 1 is 0.971 bits per heavy atom. The van der Waals surface area contributed by atoms with E-state index in [0.717, 1.165) is 22.7 Å². The Hall–Kier alpha value is -4.26. The topological polar surface area (TPSA) is 74.1 Å². The molecule has 0 fully saturated rings. The number of fused-ring (bicyclic) bond motifs is 1. The summed E-state index contributed by atoms with van der Waals surface area (Å²) in [5.41, 5.74) is 3.19. The van der Waals surface area contributed by atoms with Crippen LogP contribution in [0, 0.1) is 0 Å². The van der Waals surface area contributed by atoms with Gasteiger partial charge in [-0.15, -0.1) is 0 Å². The predicted octanol–water partition coefficient (Wildman–Crippen LogP) is 5.36. The van der Waals surface area contributed by atoms with Crippen molar-refractivity contribution in [1.29, 1.82) is 0 Å². The number of nitrogens with one attached hydrogen (secondary N) is 1. The van der Waals surface area contributed by atoms with Crippen molar-refractivity contribution < 1.29 is 19.0 Å². The number of imidazole rings is 1. The van der Waals surface area contributed by atoms with Gasteiger partial charge in [0.1, 0.15) is 29.5 Å².